The van der Waals surface area contributed by atoms with Crippen LogP contribution in [0.4, 0.5) is 0 Å². The smallest absolute Gasteiger partial charge is 0.183 e. The fourth-order valence-electron chi connectivity index (χ4n) is 1.04. The zero-order valence-electron chi connectivity index (χ0n) is 6.85. The standard InChI is InChI=1S/C7H7ClN4O/c1-4(13)7-10-9-6-3-2-5(8)11-12(6)7/h2-4,13H,1H3. The highest BCUT2D eigenvalue weighted by molar-refractivity contribution is 6.29. The van der Waals surface area contributed by atoms with Crippen LogP contribution in [0.5, 0.6) is 0 Å². The van der Waals surface area contributed by atoms with Crippen molar-refractivity contribution in [2.24, 2.45) is 0 Å². The van der Waals surface area contributed by atoms with E-state index in [-0.39, 0.29) is 0 Å². The van der Waals surface area contributed by atoms with Crippen LogP contribution in [0.1, 0.15) is 18.9 Å². The normalized spacial score (nSPS) is 13.5. The predicted molar refractivity (Wildman–Crippen MR) is 46.4 cm³/mol. The topological polar surface area (TPSA) is 63.3 Å². The van der Waals surface area contributed by atoms with E-state index in [1.807, 2.05) is 0 Å². The average molecular weight is 199 g/mol. The van der Waals surface area contributed by atoms with Crippen LogP contribution in [0.3, 0.4) is 0 Å². The van der Waals surface area contributed by atoms with E-state index in [2.05, 4.69) is 15.3 Å². The molecule has 0 aliphatic heterocycles. The first-order valence-corrected chi connectivity index (χ1v) is 4.12. The van der Waals surface area contributed by atoms with Gasteiger partial charge in [-0.25, -0.2) is 0 Å². The van der Waals surface area contributed by atoms with Crippen molar-refractivity contribution in [1.29, 1.82) is 0 Å². The van der Waals surface area contributed by atoms with E-state index in [0.717, 1.165) is 0 Å². The summed E-state index contributed by atoms with van der Waals surface area (Å²) in [5.74, 6) is 0.387. The minimum Gasteiger partial charge on any atom is -0.385 e. The molecule has 6 heteroatoms. The van der Waals surface area contributed by atoms with Gasteiger partial charge in [-0.2, -0.15) is 9.61 Å². The number of halogens is 1. The van der Waals surface area contributed by atoms with Gasteiger partial charge in [0.25, 0.3) is 0 Å². The highest BCUT2D eigenvalue weighted by Gasteiger charge is 2.11. The molecule has 1 unspecified atom stereocenters. The number of nitrogens with zero attached hydrogens (tertiary/aromatic N) is 4. The Morgan fingerprint density at radius 3 is 2.92 bits per heavy atom. The van der Waals surface area contributed by atoms with Crippen molar-refractivity contribution in [3.05, 3.63) is 23.1 Å². The second-order valence-electron chi connectivity index (χ2n) is 2.66. The molecule has 0 bridgehead atoms. The Hall–Kier alpha value is -1.20. The van der Waals surface area contributed by atoms with Gasteiger partial charge in [-0.1, -0.05) is 11.6 Å². The summed E-state index contributed by atoms with van der Waals surface area (Å²) < 4.78 is 1.42. The molecule has 0 spiro atoms. The second kappa shape index (κ2) is 2.93. The van der Waals surface area contributed by atoms with Crippen LogP contribution in [0.2, 0.25) is 5.15 Å². The second-order valence-corrected chi connectivity index (χ2v) is 3.05. The fraction of sp³-hybridized carbons (Fsp3) is 0.286. The maximum Gasteiger partial charge on any atom is 0.183 e. The quantitative estimate of drug-likeness (QED) is 0.737. The van der Waals surface area contributed by atoms with Crippen LogP contribution >= 0.6 is 11.6 Å². The molecule has 2 aromatic rings. The van der Waals surface area contributed by atoms with E-state index in [0.29, 0.717) is 16.6 Å². The predicted octanol–water partition coefficient (Wildman–Crippen LogP) is 0.831. The highest BCUT2D eigenvalue weighted by Crippen LogP contribution is 2.12. The summed E-state index contributed by atoms with van der Waals surface area (Å²) >= 11 is 5.68. The van der Waals surface area contributed by atoms with Crippen LogP contribution in [0.15, 0.2) is 12.1 Å². The van der Waals surface area contributed by atoms with E-state index in [1.54, 1.807) is 19.1 Å². The van der Waals surface area contributed by atoms with E-state index < -0.39 is 6.10 Å². The largest absolute Gasteiger partial charge is 0.385 e. The zero-order chi connectivity index (χ0) is 9.42. The Kier molecular flexibility index (Phi) is 1.90. The lowest BCUT2D eigenvalue weighted by Crippen LogP contribution is -2.02. The lowest BCUT2D eigenvalue weighted by atomic mass is 10.4. The number of aromatic nitrogens is 4. The number of aliphatic hydroxyl groups excluding tert-OH is 1. The number of aliphatic hydroxyl groups is 1. The van der Waals surface area contributed by atoms with Gasteiger partial charge in [0.2, 0.25) is 0 Å². The molecule has 0 amide bonds. The molecule has 1 atom stereocenters. The van der Waals surface area contributed by atoms with Crippen molar-refractivity contribution in [3.8, 4) is 0 Å². The van der Waals surface area contributed by atoms with Gasteiger partial charge in [-0.15, -0.1) is 10.2 Å². The summed E-state index contributed by atoms with van der Waals surface area (Å²) in [7, 11) is 0. The molecule has 0 aliphatic rings. The molecular weight excluding hydrogens is 192 g/mol. The van der Waals surface area contributed by atoms with Crippen molar-refractivity contribution in [2.75, 3.05) is 0 Å². The summed E-state index contributed by atoms with van der Waals surface area (Å²) in [5, 5.41) is 21.2. The molecule has 0 radical (unpaired) electrons. The number of hydrogen-bond acceptors (Lipinski definition) is 4. The maximum atomic E-state index is 9.30. The highest BCUT2D eigenvalue weighted by atomic mass is 35.5. The molecule has 2 heterocycles. The van der Waals surface area contributed by atoms with Gasteiger partial charge >= 0.3 is 0 Å². The molecule has 0 saturated carbocycles. The summed E-state index contributed by atoms with van der Waals surface area (Å²) in [5.41, 5.74) is 0.570. The van der Waals surface area contributed by atoms with Crippen molar-refractivity contribution in [3.63, 3.8) is 0 Å². The van der Waals surface area contributed by atoms with Crippen molar-refractivity contribution in [1.82, 2.24) is 19.8 Å². The first kappa shape index (κ1) is 8.40. The first-order valence-electron chi connectivity index (χ1n) is 3.74. The summed E-state index contributed by atoms with van der Waals surface area (Å²) in [4.78, 5) is 0. The number of rotatable bonds is 1. The SMILES string of the molecule is CC(O)c1nnc2ccc(Cl)nn12. The molecule has 0 aliphatic carbocycles. The molecule has 13 heavy (non-hydrogen) atoms. The average Bonchev–Trinajstić information content (AvgIpc) is 2.46. The van der Waals surface area contributed by atoms with Gasteiger partial charge in [0.15, 0.2) is 11.5 Å². The summed E-state index contributed by atoms with van der Waals surface area (Å²) in [6.45, 7) is 1.60. The molecule has 0 fully saturated rings. The van der Waals surface area contributed by atoms with Gasteiger partial charge in [0, 0.05) is 0 Å². The van der Waals surface area contributed by atoms with Crippen LogP contribution < -0.4 is 0 Å². The molecule has 68 valence electrons. The van der Waals surface area contributed by atoms with E-state index in [1.165, 1.54) is 4.52 Å². The molecular formula is C7H7ClN4O. The third-order valence-electron chi connectivity index (χ3n) is 1.63. The van der Waals surface area contributed by atoms with Gasteiger partial charge in [0.05, 0.1) is 0 Å². The lowest BCUT2D eigenvalue weighted by Gasteiger charge is -1.99. The Balaban J connectivity index is 2.71. The number of hydrogen-bond donors (Lipinski definition) is 1. The minimum atomic E-state index is -0.707. The van der Waals surface area contributed by atoms with Crippen molar-refractivity contribution >= 4 is 17.2 Å². The summed E-state index contributed by atoms with van der Waals surface area (Å²) in [6.07, 6.45) is -0.707. The Bertz CT molecular complexity index is 439. The number of fused-ring (bicyclic) bond motifs is 1. The van der Waals surface area contributed by atoms with E-state index in [4.69, 9.17) is 11.6 Å². The first-order chi connectivity index (χ1) is 6.18. The van der Waals surface area contributed by atoms with Gasteiger partial charge in [0.1, 0.15) is 11.3 Å². The lowest BCUT2D eigenvalue weighted by molar-refractivity contribution is 0.186. The van der Waals surface area contributed by atoms with Crippen LogP contribution in [0.25, 0.3) is 5.65 Å². The Labute approximate surface area is 79.0 Å². The van der Waals surface area contributed by atoms with E-state index in [9.17, 15) is 5.11 Å². The van der Waals surface area contributed by atoms with Crippen molar-refractivity contribution < 1.29 is 5.11 Å². The molecule has 0 saturated heterocycles. The molecule has 0 aromatic carbocycles. The van der Waals surface area contributed by atoms with Gasteiger partial charge in [-0.3, -0.25) is 0 Å². The monoisotopic (exact) mass is 198 g/mol. The molecule has 2 rings (SSSR count). The van der Waals surface area contributed by atoms with Gasteiger partial charge < -0.3 is 5.11 Å². The van der Waals surface area contributed by atoms with Crippen LogP contribution in [0, 0.1) is 0 Å². The Morgan fingerprint density at radius 2 is 2.23 bits per heavy atom. The van der Waals surface area contributed by atoms with Crippen LogP contribution in [-0.4, -0.2) is 24.9 Å². The zero-order valence-corrected chi connectivity index (χ0v) is 7.60. The van der Waals surface area contributed by atoms with Crippen LogP contribution in [-0.2, 0) is 0 Å². The third-order valence-corrected chi connectivity index (χ3v) is 1.83. The molecule has 1 N–H and O–H groups in total. The van der Waals surface area contributed by atoms with E-state index >= 15 is 0 Å². The molecule has 5 nitrogen and oxygen atoms in total. The Morgan fingerprint density at radius 1 is 1.46 bits per heavy atom. The molecule has 2 aromatic heterocycles. The fourth-order valence-corrected chi connectivity index (χ4v) is 1.18. The van der Waals surface area contributed by atoms with Crippen molar-refractivity contribution in [2.45, 2.75) is 13.0 Å². The third kappa shape index (κ3) is 1.36. The van der Waals surface area contributed by atoms with Gasteiger partial charge in [-0.05, 0) is 19.1 Å². The maximum absolute atomic E-state index is 9.30. The summed E-state index contributed by atoms with van der Waals surface area (Å²) in [6, 6.07) is 3.31. The minimum absolute atomic E-state index is 0.342.